The van der Waals surface area contributed by atoms with E-state index >= 15 is 0 Å². The van der Waals surface area contributed by atoms with Crippen LogP contribution >= 0.6 is 0 Å². The Labute approximate surface area is 122 Å². The highest BCUT2D eigenvalue weighted by Gasteiger charge is 2.31. The molecule has 2 nitrogen and oxygen atoms in total. The Morgan fingerprint density at radius 3 is 2.76 bits per heavy atom. The molecule has 0 saturated carbocycles. The molecule has 1 atom stereocenters. The van der Waals surface area contributed by atoms with Crippen molar-refractivity contribution in [3.8, 4) is 0 Å². The number of carbonyl (C=O) groups is 2. The van der Waals surface area contributed by atoms with Gasteiger partial charge in [0.2, 0.25) is 0 Å². The van der Waals surface area contributed by atoms with Gasteiger partial charge < -0.3 is 0 Å². The Morgan fingerprint density at radius 1 is 1.05 bits per heavy atom. The van der Waals surface area contributed by atoms with Gasteiger partial charge in [0.25, 0.3) is 0 Å². The number of ketones is 2. The number of carbonyl (C=O) groups excluding carboxylic acids is 2. The molecule has 102 valence electrons. The predicted octanol–water partition coefficient (Wildman–Crippen LogP) is 3.42. The van der Waals surface area contributed by atoms with Gasteiger partial charge in [0, 0.05) is 11.5 Å². The lowest BCUT2D eigenvalue weighted by Gasteiger charge is -2.15. The van der Waals surface area contributed by atoms with Crippen molar-refractivity contribution in [2.45, 2.75) is 19.3 Å². The van der Waals surface area contributed by atoms with Crippen molar-refractivity contribution in [2.75, 3.05) is 0 Å². The molecular formula is C19H14O2. The third kappa shape index (κ3) is 1.72. The highest BCUT2D eigenvalue weighted by Crippen LogP contribution is 2.43. The lowest BCUT2D eigenvalue weighted by Crippen LogP contribution is -2.14. The lowest BCUT2D eigenvalue weighted by molar-refractivity contribution is -0.114. The van der Waals surface area contributed by atoms with Crippen LogP contribution in [0.3, 0.4) is 0 Å². The molecule has 4 rings (SSSR count). The zero-order chi connectivity index (χ0) is 14.6. The zero-order valence-electron chi connectivity index (χ0n) is 11.7. The first kappa shape index (κ1) is 12.3. The van der Waals surface area contributed by atoms with E-state index in [9.17, 15) is 9.59 Å². The van der Waals surface area contributed by atoms with Crippen LogP contribution in [0, 0.1) is 6.92 Å². The predicted molar refractivity (Wildman–Crippen MR) is 82.4 cm³/mol. The first-order chi connectivity index (χ1) is 10.1. The number of hydrogen-bond donors (Lipinski definition) is 0. The standard InChI is InChI=1S/C19H14O2/c1-11-5-6-12-3-2-4-14-16(10-15(11)19(12)14)17-9-13(20)7-8-18(17)21/h2-9,16H,10H2,1H3. The van der Waals surface area contributed by atoms with E-state index in [1.165, 1.54) is 45.7 Å². The summed E-state index contributed by atoms with van der Waals surface area (Å²) < 4.78 is 0. The fourth-order valence-electron chi connectivity index (χ4n) is 3.53. The van der Waals surface area contributed by atoms with Gasteiger partial charge in [-0.25, -0.2) is 0 Å². The van der Waals surface area contributed by atoms with Crippen LogP contribution < -0.4 is 0 Å². The van der Waals surface area contributed by atoms with Crippen molar-refractivity contribution in [1.82, 2.24) is 0 Å². The number of benzene rings is 2. The fourth-order valence-corrected chi connectivity index (χ4v) is 3.53. The second-order valence-corrected chi connectivity index (χ2v) is 5.76. The highest BCUT2D eigenvalue weighted by molar-refractivity contribution is 6.18. The van der Waals surface area contributed by atoms with Crippen molar-refractivity contribution >= 4 is 22.3 Å². The van der Waals surface area contributed by atoms with E-state index in [0.717, 1.165) is 6.42 Å². The third-order valence-electron chi connectivity index (χ3n) is 4.56. The first-order valence-electron chi connectivity index (χ1n) is 7.14. The summed E-state index contributed by atoms with van der Waals surface area (Å²) in [5.41, 5.74) is 4.37. The van der Waals surface area contributed by atoms with Crippen LogP contribution in [0.15, 0.2) is 54.1 Å². The number of rotatable bonds is 1. The second kappa shape index (κ2) is 4.26. The van der Waals surface area contributed by atoms with E-state index in [1.807, 2.05) is 6.07 Å². The molecule has 0 radical (unpaired) electrons. The van der Waals surface area contributed by atoms with E-state index in [-0.39, 0.29) is 17.5 Å². The Hall–Kier alpha value is -2.48. The van der Waals surface area contributed by atoms with Crippen LogP contribution in [0.1, 0.15) is 22.6 Å². The molecule has 0 spiro atoms. The van der Waals surface area contributed by atoms with E-state index in [0.29, 0.717) is 5.57 Å². The number of aryl methyl sites for hydroxylation is 1. The maximum atomic E-state index is 12.2. The molecule has 0 fully saturated rings. The zero-order valence-corrected chi connectivity index (χ0v) is 11.7. The maximum Gasteiger partial charge on any atom is 0.182 e. The molecule has 2 aromatic rings. The Morgan fingerprint density at radius 2 is 1.90 bits per heavy atom. The van der Waals surface area contributed by atoms with E-state index in [2.05, 4.69) is 31.2 Å². The van der Waals surface area contributed by atoms with Crippen LogP contribution in [-0.2, 0) is 16.0 Å². The van der Waals surface area contributed by atoms with Crippen LogP contribution in [0.25, 0.3) is 10.8 Å². The summed E-state index contributed by atoms with van der Waals surface area (Å²) in [6.07, 6.45) is 5.06. The van der Waals surface area contributed by atoms with Crippen molar-refractivity contribution < 1.29 is 9.59 Å². The molecular weight excluding hydrogens is 260 g/mol. The normalized spacial score (nSPS) is 20.2. The minimum absolute atomic E-state index is 0.00574. The van der Waals surface area contributed by atoms with Crippen LogP contribution in [0.2, 0.25) is 0 Å². The number of allylic oxidation sites excluding steroid dienone is 4. The quantitative estimate of drug-likeness (QED) is 0.747. The largest absolute Gasteiger partial charge is 0.290 e. The highest BCUT2D eigenvalue weighted by atomic mass is 16.1. The molecule has 0 bridgehead atoms. The minimum atomic E-state index is -0.0931. The van der Waals surface area contributed by atoms with Crippen molar-refractivity contribution in [3.05, 3.63) is 70.8 Å². The average molecular weight is 274 g/mol. The molecule has 2 aromatic carbocycles. The Balaban J connectivity index is 1.93. The molecule has 0 heterocycles. The van der Waals surface area contributed by atoms with Crippen molar-refractivity contribution in [3.63, 3.8) is 0 Å². The molecule has 2 aliphatic rings. The van der Waals surface area contributed by atoms with Gasteiger partial charge in [0.05, 0.1) is 0 Å². The summed E-state index contributed by atoms with van der Waals surface area (Å²) in [7, 11) is 0. The number of hydrogen-bond acceptors (Lipinski definition) is 2. The smallest absolute Gasteiger partial charge is 0.182 e. The minimum Gasteiger partial charge on any atom is -0.290 e. The van der Waals surface area contributed by atoms with Crippen LogP contribution in [0.4, 0.5) is 0 Å². The van der Waals surface area contributed by atoms with Gasteiger partial charge in [-0.15, -0.1) is 0 Å². The lowest BCUT2D eigenvalue weighted by atomic mass is 9.86. The summed E-state index contributed by atoms with van der Waals surface area (Å²) in [5, 5.41) is 2.47. The monoisotopic (exact) mass is 274 g/mol. The molecule has 0 saturated heterocycles. The van der Waals surface area contributed by atoms with Gasteiger partial charge in [-0.1, -0.05) is 30.3 Å². The maximum absolute atomic E-state index is 12.2. The molecule has 21 heavy (non-hydrogen) atoms. The van der Waals surface area contributed by atoms with Gasteiger partial charge >= 0.3 is 0 Å². The van der Waals surface area contributed by atoms with Crippen LogP contribution in [0.5, 0.6) is 0 Å². The third-order valence-corrected chi connectivity index (χ3v) is 4.56. The molecule has 0 amide bonds. The Bertz CT molecular complexity index is 869. The average Bonchev–Trinajstić information content (AvgIpc) is 2.87. The van der Waals surface area contributed by atoms with E-state index in [4.69, 9.17) is 0 Å². The summed E-state index contributed by atoms with van der Waals surface area (Å²) in [4.78, 5) is 23.8. The second-order valence-electron chi connectivity index (χ2n) is 5.76. The molecule has 1 unspecified atom stereocenters. The van der Waals surface area contributed by atoms with Crippen molar-refractivity contribution in [2.24, 2.45) is 0 Å². The molecule has 2 aliphatic carbocycles. The van der Waals surface area contributed by atoms with E-state index < -0.39 is 0 Å². The van der Waals surface area contributed by atoms with Gasteiger partial charge in [-0.3, -0.25) is 9.59 Å². The first-order valence-corrected chi connectivity index (χ1v) is 7.14. The van der Waals surface area contributed by atoms with Gasteiger partial charge in [-0.2, -0.15) is 0 Å². The van der Waals surface area contributed by atoms with E-state index in [1.54, 1.807) is 0 Å². The molecule has 0 aromatic heterocycles. The topological polar surface area (TPSA) is 34.1 Å². The van der Waals surface area contributed by atoms with Gasteiger partial charge in [0.15, 0.2) is 11.6 Å². The summed E-state index contributed by atoms with van der Waals surface area (Å²) in [6.45, 7) is 2.11. The summed E-state index contributed by atoms with van der Waals surface area (Å²) in [6, 6.07) is 10.5. The molecule has 2 heteroatoms. The summed E-state index contributed by atoms with van der Waals surface area (Å²) in [5.74, 6) is -0.127. The van der Waals surface area contributed by atoms with Crippen LogP contribution in [-0.4, -0.2) is 11.6 Å². The van der Waals surface area contributed by atoms with Gasteiger partial charge in [-0.05, 0) is 59.0 Å². The Kier molecular flexibility index (Phi) is 2.49. The van der Waals surface area contributed by atoms with Gasteiger partial charge in [0.1, 0.15) is 0 Å². The van der Waals surface area contributed by atoms with Crippen molar-refractivity contribution in [1.29, 1.82) is 0 Å². The molecule has 0 aliphatic heterocycles. The fraction of sp³-hybridized carbons (Fsp3) is 0.158. The summed E-state index contributed by atoms with van der Waals surface area (Å²) >= 11 is 0. The molecule has 0 N–H and O–H groups in total. The SMILES string of the molecule is Cc1ccc2cccc3c2c1CC3C1=CC(=O)C=CC1=O.